The first-order valence-electron chi connectivity index (χ1n) is 7.05. The number of rotatable bonds is 3. The van der Waals surface area contributed by atoms with Crippen LogP contribution in [0.5, 0.6) is 0 Å². The number of aryl methyl sites for hydroxylation is 2. The van der Waals surface area contributed by atoms with Gasteiger partial charge in [-0.05, 0) is 40.0 Å². The fraction of sp³-hybridized carbons (Fsp3) is 0.714. The zero-order valence-electron chi connectivity index (χ0n) is 11.7. The molecule has 19 heavy (non-hydrogen) atoms. The minimum absolute atomic E-state index is 0.0436. The van der Waals surface area contributed by atoms with Gasteiger partial charge >= 0.3 is 0 Å². The quantitative estimate of drug-likeness (QED) is 0.869. The molecule has 1 amide bonds. The van der Waals surface area contributed by atoms with Gasteiger partial charge in [0.2, 0.25) is 5.91 Å². The molecule has 4 unspecified atom stereocenters. The van der Waals surface area contributed by atoms with Crippen molar-refractivity contribution in [2.45, 2.75) is 58.2 Å². The number of hydrogen-bond acceptors (Lipinski definition) is 4. The van der Waals surface area contributed by atoms with Crippen molar-refractivity contribution >= 4 is 5.91 Å². The topological polar surface area (TPSA) is 67.2 Å². The number of carbonyl (C=O) groups excluding carboxylic acids is 1. The van der Waals surface area contributed by atoms with Crippen LogP contribution in [0.3, 0.4) is 0 Å². The van der Waals surface area contributed by atoms with Gasteiger partial charge in [-0.15, -0.1) is 0 Å². The molecule has 0 spiro atoms. The molecule has 2 aliphatic rings. The van der Waals surface area contributed by atoms with Gasteiger partial charge < -0.3 is 15.2 Å². The van der Waals surface area contributed by atoms with Crippen molar-refractivity contribution in [3.05, 3.63) is 17.0 Å². The molecule has 1 aromatic rings. The normalized spacial score (nSPS) is 30.6. The van der Waals surface area contributed by atoms with E-state index in [1.807, 2.05) is 20.8 Å². The summed E-state index contributed by atoms with van der Waals surface area (Å²) in [6, 6.07) is 0.884. The first-order valence-corrected chi connectivity index (χ1v) is 7.05. The van der Waals surface area contributed by atoms with Crippen molar-refractivity contribution in [3.63, 3.8) is 0 Å². The third-order valence-electron chi connectivity index (χ3n) is 4.52. The Morgan fingerprint density at radius 1 is 1.47 bits per heavy atom. The summed E-state index contributed by atoms with van der Waals surface area (Å²) >= 11 is 0. The summed E-state index contributed by atoms with van der Waals surface area (Å²) in [4.78, 5) is 12.4. The highest BCUT2D eigenvalue weighted by atomic mass is 16.5. The minimum atomic E-state index is -0.0436. The van der Waals surface area contributed by atoms with Crippen molar-refractivity contribution in [3.8, 4) is 0 Å². The lowest BCUT2D eigenvalue weighted by atomic mass is 9.88. The molecule has 0 aromatic carbocycles. The smallest absolute Gasteiger partial charge is 0.225 e. The van der Waals surface area contributed by atoms with Crippen LogP contribution in [0.25, 0.3) is 0 Å². The molecular formula is C14H21N3O2. The lowest BCUT2D eigenvalue weighted by Crippen LogP contribution is -2.38. The number of hydrogen-bond donors (Lipinski definition) is 2. The highest BCUT2D eigenvalue weighted by molar-refractivity contribution is 5.80. The molecule has 4 atom stereocenters. The number of aromatic nitrogens is 1. The van der Waals surface area contributed by atoms with Gasteiger partial charge in [-0.2, -0.15) is 0 Å². The largest absolute Gasteiger partial charge is 0.361 e. The molecule has 0 aliphatic carbocycles. The van der Waals surface area contributed by atoms with Crippen molar-refractivity contribution in [1.29, 1.82) is 0 Å². The van der Waals surface area contributed by atoms with Crippen LogP contribution in [0.2, 0.25) is 0 Å². The molecule has 0 saturated carbocycles. The first kappa shape index (κ1) is 12.7. The molecule has 104 valence electrons. The lowest BCUT2D eigenvalue weighted by molar-refractivity contribution is -0.126. The van der Waals surface area contributed by atoms with Crippen LogP contribution >= 0.6 is 0 Å². The molecular weight excluding hydrogens is 242 g/mol. The van der Waals surface area contributed by atoms with Crippen LogP contribution in [0.1, 0.15) is 49.2 Å². The van der Waals surface area contributed by atoms with E-state index in [1.165, 1.54) is 6.42 Å². The van der Waals surface area contributed by atoms with Gasteiger partial charge in [-0.3, -0.25) is 4.79 Å². The maximum absolute atomic E-state index is 12.4. The monoisotopic (exact) mass is 263 g/mol. The second kappa shape index (κ2) is 4.63. The number of nitrogens with one attached hydrogen (secondary N) is 2. The van der Waals surface area contributed by atoms with Gasteiger partial charge in [-0.1, -0.05) is 5.16 Å². The van der Waals surface area contributed by atoms with Crippen molar-refractivity contribution in [1.82, 2.24) is 15.8 Å². The Morgan fingerprint density at radius 2 is 2.26 bits per heavy atom. The Kier molecular flexibility index (Phi) is 3.09. The average molecular weight is 263 g/mol. The molecule has 5 nitrogen and oxygen atoms in total. The van der Waals surface area contributed by atoms with Gasteiger partial charge in [-0.25, -0.2) is 0 Å². The highest BCUT2D eigenvalue weighted by Gasteiger charge is 2.43. The van der Waals surface area contributed by atoms with E-state index in [0.717, 1.165) is 29.9 Å². The summed E-state index contributed by atoms with van der Waals surface area (Å²) in [6.45, 7) is 5.79. The van der Waals surface area contributed by atoms with E-state index in [-0.39, 0.29) is 17.9 Å². The zero-order chi connectivity index (χ0) is 13.6. The molecule has 2 N–H and O–H groups in total. The van der Waals surface area contributed by atoms with E-state index >= 15 is 0 Å². The van der Waals surface area contributed by atoms with Crippen LogP contribution in [-0.2, 0) is 4.79 Å². The van der Waals surface area contributed by atoms with Crippen LogP contribution in [0.4, 0.5) is 0 Å². The van der Waals surface area contributed by atoms with Gasteiger partial charge in [0.05, 0.1) is 17.7 Å². The second-order valence-corrected chi connectivity index (χ2v) is 5.86. The summed E-state index contributed by atoms with van der Waals surface area (Å²) in [5.41, 5.74) is 1.86. The fourth-order valence-corrected chi connectivity index (χ4v) is 3.61. The molecule has 0 radical (unpaired) electrons. The Morgan fingerprint density at radius 3 is 2.79 bits per heavy atom. The third kappa shape index (κ3) is 2.16. The predicted molar refractivity (Wildman–Crippen MR) is 70.6 cm³/mol. The molecule has 3 heterocycles. The third-order valence-corrected chi connectivity index (χ3v) is 4.52. The maximum Gasteiger partial charge on any atom is 0.225 e. The van der Waals surface area contributed by atoms with E-state index < -0.39 is 0 Å². The molecule has 1 aromatic heterocycles. The van der Waals surface area contributed by atoms with Gasteiger partial charge in [0, 0.05) is 17.6 Å². The first-order chi connectivity index (χ1) is 9.06. The maximum atomic E-state index is 12.4. The molecule has 2 aliphatic heterocycles. The Bertz CT molecular complexity index is 477. The summed E-state index contributed by atoms with van der Waals surface area (Å²) in [7, 11) is 0. The van der Waals surface area contributed by atoms with Crippen molar-refractivity contribution < 1.29 is 9.32 Å². The average Bonchev–Trinajstić information content (AvgIpc) is 3.05. The standard InChI is InChI=1S/C14H21N3O2/c1-7(13-8(2)17-19-9(13)3)15-14(18)11-6-10-4-5-12(11)16-10/h7,10-12,16H,4-6H2,1-3H3,(H,15,18). The molecule has 2 fully saturated rings. The molecule has 5 heteroatoms. The number of amides is 1. The summed E-state index contributed by atoms with van der Waals surface area (Å²) in [5, 5.41) is 10.6. The minimum Gasteiger partial charge on any atom is -0.361 e. The van der Waals surface area contributed by atoms with Crippen LogP contribution in [0.15, 0.2) is 4.52 Å². The van der Waals surface area contributed by atoms with E-state index in [4.69, 9.17) is 4.52 Å². The fourth-order valence-electron chi connectivity index (χ4n) is 3.61. The van der Waals surface area contributed by atoms with Crippen LogP contribution < -0.4 is 10.6 Å². The highest BCUT2D eigenvalue weighted by Crippen LogP contribution is 2.34. The van der Waals surface area contributed by atoms with Gasteiger partial charge in [0.15, 0.2) is 0 Å². The van der Waals surface area contributed by atoms with Crippen molar-refractivity contribution in [2.75, 3.05) is 0 Å². The lowest BCUT2D eigenvalue weighted by Gasteiger charge is -2.22. The molecule has 2 bridgehead atoms. The number of carbonyl (C=O) groups is 1. The second-order valence-electron chi connectivity index (χ2n) is 5.86. The molecule has 2 saturated heterocycles. The SMILES string of the molecule is Cc1noc(C)c1C(C)NC(=O)C1CC2CCC1N2. The Balaban J connectivity index is 1.67. The number of nitrogens with zero attached hydrogens (tertiary/aromatic N) is 1. The van der Waals surface area contributed by atoms with Crippen molar-refractivity contribution in [2.24, 2.45) is 5.92 Å². The van der Waals surface area contributed by atoms with E-state index in [2.05, 4.69) is 15.8 Å². The number of fused-ring (bicyclic) bond motifs is 2. The van der Waals surface area contributed by atoms with E-state index in [0.29, 0.717) is 12.1 Å². The summed E-state index contributed by atoms with van der Waals surface area (Å²) < 4.78 is 5.16. The Hall–Kier alpha value is -1.36. The van der Waals surface area contributed by atoms with Crippen LogP contribution in [-0.4, -0.2) is 23.1 Å². The van der Waals surface area contributed by atoms with Gasteiger partial charge in [0.25, 0.3) is 0 Å². The molecule has 3 rings (SSSR count). The summed E-state index contributed by atoms with van der Waals surface area (Å²) in [5.74, 6) is 1.07. The van der Waals surface area contributed by atoms with Crippen LogP contribution in [0, 0.1) is 19.8 Å². The van der Waals surface area contributed by atoms with E-state index in [9.17, 15) is 4.79 Å². The predicted octanol–water partition coefficient (Wildman–Crippen LogP) is 1.61. The summed E-state index contributed by atoms with van der Waals surface area (Å²) in [6.07, 6.45) is 3.32. The van der Waals surface area contributed by atoms with E-state index in [1.54, 1.807) is 0 Å². The zero-order valence-corrected chi connectivity index (χ0v) is 11.7. The Labute approximate surface area is 113 Å². The van der Waals surface area contributed by atoms with Gasteiger partial charge in [0.1, 0.15) is 5.76 Å².